The van der Waals surface area contributed by atoms with Gasteiger partial charge in [-0.15, -0.1) is 0 Å². The van der Waals surface area contributed by atoms with E-state index in [-0.39, 0.29) is 24.4 Å². The van der Waals surface area contributed by atoms with Gasteiger partial charge in [0, 0.05) is 35.2 Å². The number of nitrogens with zero attached hydrogens (tertiary/aromatic N) is 1. The van der Waals surface area contributed by atoms with Crippen molar-refractivity contribution in [2.75, 3.05) is 6.61 Å². The number of aromatic nitrogens is 2. The number of nitrogens with one attached hydrogen (secondary N) is 2. The molecule has 7 nitrogen and oxygen atoms in total. The Morgan fingerprint density at radius 3 is 2.96 bits per heavy atom. The van der Waals surface area contributed by atoms with Gasteiger partial charge in [0.05, 0.1) is 18.8 Å². The molecule has 1 unspecified atom stereocenters. The van der Waals surface area contributed by atoms with Crippen LogP contribution in [0.2, 0.25) is 0 Å². The van der Waals surface area contributed by atoms with Crippen molar-refractivity contribution in [2.45, 2.75) is 32.6 Å². The van der Waals surface area contributed by atoms with Crippen molar-refractivity contribution in [1.29, 1.82) is 0 Å². The van der Waals surface area contributed by atoms with E-state index in [0.29, 0.717) is 24.3 Å². The Kier molecular flexibility index (Phi) is 4.34. The molecule has 1 amide bonds. The van der Waals surface area contributed by atoms with Crippen molar-refractivity contribution in [3.05, 3.63) is 47.2 Å². The first kappa shape index (κ1) is 16.6. The Labute approximate surface area is 148 Å². The Balaban J connectivity index is 1.44. The lowest BCUT2D eigenvalue weighted by atomic mass is 10.2. The molecule has 136 valence electrons. The molecule has 0 saturated carbocycles. The third kappa shape index (κ3) is 3.41. The average molecular weight is 359 g/mol. The molecule has 2 N–H and O–H groups in total. The molecule has 0 radical (unpaired) electrons. The van der Waals surface area contributed by atoms with Gasteiger partial charge in [-0.2, -0.15) is 0 Å². The monoisotopic (exact) mass is 359 g/mol. The van der Waals surface area contributed by atoms with Crippen LogP contribution in [0, 0.1) is 12.7 Å². The number of benzene rings is 1. The first-order valence-corrected chi connectivity index (χ1v) is 8.34. The minimum Gasteiger partial charge on any atom is -0.482 e. The quantitative estimate of drug-likeness (QED) is 0.706. The van der Waals surface area contributed by atoms with E-state index in [4.69, 9.17) is 14.0 Å². The number of rotatable bonds is 6. The molecule has 3 aromatic rings. The molecule has 1 fully saturated rings. The van der Waals surface area contributed by atoms with Gasteiger partial charge in [0.1, 0.15) is 12.7 Å². The van der Waals surface area contributed by atoms with Gasteiger partial charge in [-0.05, 0) is 19.1 Å². The van der Waals surface area contributed by atoms with E-state index in [1.54, 1.807) is 25.1 Å². The van der Waals surface area contributed by atoms with Gasteiger partial charge in [-0.3, -0.25) is 4.79 Å². The van der Waals surface area contributed by atoms with Crippen molar-refractivity contribution < 1.29 is 23.2 Å². The van der Waals surface area contributed by atoms with Gasteiger partial charge in [-0.25, -0.2) is 4.39 Å². The fourth-order valence-corrected chi connectivity index (χ4v) is 2.77. The van der Waals surface area contributed by atoms with Gasteiger partial charge in [0.15, 0.2) is 17.3 Å². The molecular formula is C18H18FN3O4. The number of carbonyl (C=O) groups is 1. The third-order valence-corrected chi connectivity index (χ3v) is 4.22. The molecular weight excluding hydrogens is 341 g/mol. The topological polar surface area (TPSA) is 89.4 Å². The van der Waals surface area contributed by atoms with Crippen molar-refractivity contribution in [3.8, 4) is 5.75 Å². The van der Waals surface area contributed by atoms with Crippen LogP contribution in [0.25, 0.3) is 10.9 Å². The van der Waals surface area contributed by atoms with Crippen molar-refractivity contribution >= 4 is 16.8 Å². The summed E-state index contributed by atoms with van der Waals surface area (Å²) < 4.78 is 29.9. The number of aryl methyl sites for hydroxylation is 1. The second kappa shape index (κ2) is 6.80. The first-order chi connectivity index (χ1) is 12.6. The van der Waals surface area contributed by atoms with Crippen LogP contribution in [-0.4, -0.2) is 28.8 Å². The Morgan fingerprint density at radius 1 is 1.42 bits per heavy atom. The molecule has 1 aromatic carbocycles. The van der Waals surface area contributed by atoms with Crippen molar-refractivity contribution in [3.63, 3.8) is 0 Å². The summed E-state index contributed by atoms with van der Waals surface area (Å²) >= 11 is 0. The number of H-pyrrole nitrogens is 1. The summed E-state index contributed by atoms with van der Waals surface area (Å²) in [7, 11) is 0. The number of hydrogen-bond donors (Lipinski definition) is 2. The average Bonchev–Trinajstić information content (AvgIpc) is 3.14. The van der Waals surface area contributed by atoms with E-state index in [1.807, 2.05) is 0 Å². The molecule has 3 heterocycles. The molecule has 4 rings (SSSR count). The number of ether oxygens (including phenoxy) is 2. The van der Waals surface area contributed by atoms with Crippen LogP contribution in [0.4, 0.5) is 4.39 Å². The zero-order chi connectivity index (χ0) is 18.1. The lowest BCUT2D eigenvalue weighted by Gasteiger charge is -2.24. The van der Waals surface area contributed by atoms with Crippen LogP contribution in [0.1, 0.15) is 23.6 Å². The summed E-state index contributed by atoms with van der Waals surface area (Å²) in [4.78, 5) is 15.0. The number of carbonyl (C=O) groups excluding carboxylic acids is 1. The minimum absolute atomic E-state index is 0.0915. The third-order valence-electron chi connectivity index (χ3n) is 4.22. The molecule has 0 bridgehead atoms. The van der Waals surface area contributed by atoms with E-state index in [0.717, 1.165) is 23.3 Å². The number of amides is 1. The van der Waals surface area contributed by atoms with Crippen molar-refractivity contribution in [1.82, 2.24) is 15.5 Å². The largest absolute Gasteiger partial charge is 0.482 e. The van der Waals surface area contributed by atoms with Gasteiger partial charge >= 0.3 is 0 Å². The van der Waals surface area contributed by atoms with Gasteiger partial charge in [0.25, 0.3) is 0 Å². The highest BCUT2D eigenvalue weighted by molar-refractivity contribution is 5.83. The van der Waals surface area contributed by atoms with Gasteiger partial charge in [-0.1, -0.05) is 5.16 Å². The number of hydrogen-bond acceptors (Lipinski definition) is 5. The summed E-state index contributed by atoms with van der Waals surface area (Å²) in [5.41, 5.74) is 2.23. The number of halogens is 1. The van der Waals surface area contributed by atoms with Gasteiger partial charge in [0.2, 0.25) is 5.91 Å². The van der Waals surface area contributed by atoms with Crippen LogP contribution in [0.3, 0.4) is 0 Å². The number of aromatic amines is 1. The standard InChI is InChI=1S/C18H18FN3O4/c1-10-4-13(26-22-10)9-25-17-7-15-11(6-14(17)19)5-12(21-15)8-20-18(23)16-2-3-24-16/h4-7,16,21H,2-3,8-9H2,1H3,(H,20,23). The second-order valence-corrected chi connectivity index (χ2v) is 6.25. The summed E-state index contributed by atoms with van der Waals surface area (Å²) in [6.45, 7) is 2.84. The first-order valence-electron chi connectivity index (χ1n) is 8.34. The Hall–Kier alpha value is -2.87. The molecule has 26 heavy (non-hydrogen) atoms. The molecule has 1 atom stereocenters. The van der Waals surface area contributed by atoms with E-state index in [2.05, 4.69) is 15.5 Å². The highest BCUT2D eigenvalue weighted by atomic mass is 19.1. The molecule has 1 aliphatic rings. The Bertz CT molecular complexity index is 945. The molecule has 0 spiro atoms. The Morgan fingerprint density at radius 2 is 2.27 bits per heavy atom. The highest BCUT2D eigenvalue weighted by Crippen LogP contribution is 2.26. The predicted molar refractivity (Wildman–Crippen MR) is 90.0 cm³/mol. The second-order valence-electron chi connectivity index (χ2n) is 6.25. The van der Waals surface area contributed by atoms with Crippen LogP contribution in [0.15, 0.2) is 28.8 Å². The zero-order valence-electron chi connectivity index (χ0n) is 14.2. The van der Waals surface area contributed by atoms with Crippen molar-refractivity contribution in [2.24, 2.45) is 0 Å². The highest BCUT2D eigenvalue weighted by Gasteiger charge is 2.25. The summed E-state index contributed by atoms with van der Waals surface area (Å²) in [5.74, 6) is 0.0422. The number of fused-ring (bicyclic) bond motifs is 1. The lowest BCUT2D eigenvalue weighted by Crippen LogP contribution is -2.42. The maximum atomic E-state index is 14.2. The van der Waals surface area contributed by atoms with Gasteiger partial charge < -0.3 is 24.3 Å². The molecule has 1 saturated heterocycles. The van der Waals surface area contributed by atoms with Crippen LogP contribution < -0.4 is 10.1 Å². The van der Waals surface area contributed by atoms with Crippen LogP contribution in [0.5, 0.6) is 5.75 Å². The van der Waals surface area contributed by atoms with E-state index >= 15 is 0 Å². The minimum atomic E-state index is -0.466. The van der Waals surface area contributed by atoms with Crippen LogP contribution >= 0.6 is 0 Å². The summed E-state index contributed by atoms with van der Waals surface area (Å²) in [6.07, 6.45) is 0.395. The summed E-state index contributed by atoms with van der Waals surface area (Å²) in [5, 5.41) is 7.27. The predicted octanol–water partition coefficient (Wildman–Crippen LogP) is 2.59. The fourth-order valence-electron chi connectivity index (χ4n) is 2.77. The molecule has 0 aliphatic carbocycles. The smallest absolute Gasteiger partial charge is 0.249 e. The van der Waals surface area contributed by atoms with Crippen LogP contribution in [-0.2, 0) is 22.7 Å². The molecule has 8 heteroatoms. The SMILES string of the molecule is Cc1cc(COc2cc3[nH]c(CNC(=O)C4CCO4)cc3cc2F)on1. The normalized spacial score (nSPS) is 16.5. The van der Waals surface area contributed by atoms with E-state index < -0.39 is 5.82 Å². The van der Waals surface area contributed by atoms with E-state index in [1.165, 1.54) is 6.07 Å². The zero-order valence-corrected chi connectivity index (χ0v) is 14.2. The molecule has 1 aliphatic heterocycles. The molecule has 2 aromatic heterocycles. The van der Waals surface area contributed by atoms with E-state index in [9.17, 15) is 9.18 Å². The summed E-state index contributed by atoms with van der Waals surface area (Å²) in [6, 6.07) is 6.52. The maximum Gasteiger partial charge on any atom is 0.249 e. The fraction of sp³-hybridized carbons (Fsp3) is 0.333. The maximum absolute atomic E-state index is 14.2. The lowest BCUT2D eigenvalue weighted by molar-refractivity contribution is -0.145.